The SMILES string of the molecule is CC(C)c1ccc2c(c1)[C@]1(NN=C(c3ccccc3)S1)C(=O)N2. The molecular weight excluding hydrogens is 306 g/mol. The molecule has 2 aliphatic heterocycles. The molecule has 1 spiro atoms. The van der Waals surface area contributed by atoms with Crippen molar-refractivity contribution in [3.8, 4) is 0 Å². The van der Waals surface area contributed by atoms with Crippen molar-refractivity contribution < 1.29 is 4.79 Å². The number of carbonyl (C=O) groups excluding carboxylic acids is 1. The monoisotopic (exact) mass is 323 g/mol. The maximum Gasteiger partial charge on any atom is 0.267 e. The number of hydrogen-bond donors (Lipinski definition) is 2. The highest BCUT2D eigenvalue weighted by molar-refractivity contribution is 8.16. The van der Waals surface area contributed by atoms with Crippen LogP contribution in [0.5, 0.6) is 0 Å². The number of benzene rings is 2. The zero-order valence-corrected chi connectivity index (χ0v) is 13.8. The van der Waals surface area contributed by atoms with E-state index in [1.54, 1.807) is 0 Å². The fraction of sp³-hybridized carbons (Fsp3) is 0.222. The lowest BCUT2D eigenvalue weighted by Crippen LogP contribution is -2.39. The molecule has 0 aromatic heterocycles. The van der Waals surface area contributed by atoms with Gasteiger partial charge in [-0.25, -0.2) is 0 Å². The molecule has 2 aromatic carbocycles. The Balaban J connectivity index is 1.74. The summed E-state index contributed by atoms with van der Waals surface area (Å²) in [4.78, 5) is 11.8. The number of carbonyl (C=O) groups is 1. The van der Waals surface area contributed by atoms with E-state index in [2.05, 4.69) is 41.8 Å². The van der Waals surface area contributed by atoms with Gasteiger partial charge in [-0.2, -0.15) is 5.10 Å². The van der Waals surface area contributed by atoms with Gasteiger partial charge in [-0.1, -0.05) is 62.0 Å². The molecule has 5 heteroatoms. The molecule has 0 aliphatic carbocycles. The molecule has 2 aliphatic rings. The van der Waals surface area contributed by atoms with Gasteiger partial charge < -0.3 is 5.32 Å². The molecule has 0 radical (unpaired) electrons. The van der Waals surface area contributed by atoms with Crippen LogP contribution in [-0.4, -0.2) is 11.0 Å². The largest absolute Gasteiger partial charge is 0.323 e. The third-order valence-corrected chi connectivity index (χ3v) is 5.57. The fourth-order valence-electron chi connectivity index (χ4n) is 2.89. The third kappa shape index (κ3) is 2.15. The molecule has 1 atom stereocenters. The molecule has 4 rings (SSSR count). The first-order valence-corrected chi connectivity index (χ1v) is 8.47. The number of fused-ring (bicyclic) bond motifs is 2. The zero-order valence-electron chi connectivity index (χ0n) is 13.0. The van der Waals surface area contributed by atoms with Crippen molar-refractivity contribution in [2.45, 2.75) is 24.6 Å². The molecule has 0 saturated carbocycles. The molecule has 0 unspecified atom stereocenters. The number of nitrogens with zero attached hydrogens (tertiary/aromatic N) is 1. The highest BCUT2D eigenvalue weighted by Gasteiger charge is 2.52. The highest BCUT2D eigenvalue weighted by atomic mass is 32.2. The summed E-state index contributed by atoms with van der Waals surface area (Å²) in [7, 11) is 0. The summed E-state index contributed by atoms with van der Waals surface area (Å²) in [6.07, 6.45) is 0. The Bertz CT molecular complexity index is 816. The Kier molecular flexibility index (Phi) is 3.20. The molecule has 2 heterocycles. The number of hydrogen-bond acceptors (Lipinski definition) is 4. The molecule has 1 amide bonds. The standard InChI is InChI=1S/C18H17N3OS/c1-11(2)13-8-9-15-14(10-13)18(17(22)19-15)21-20-16(23-18)12-6-4-3-5-7-12/h3-11,21H,1-2H3,(H,19,22)/t18-/m1/s1. The van der Waals surface area contributed by atoms with E-state index in [0.717, 1.165) is 21.9 Å². The minimum absolute atomic E-state index is 0.0620. The van der Waals surface area contributed by atoms with Crippen molar-refractivity contribution in [2.75, 3.05) is 5.32 Å². The van der Waals surface area contributed by atoms with Gasteiger partial charge in [-0.3, -0.25) is 10.2 Å². The van der Waals surface area contributed by atoms with Gasteiger partial charge in [-0.15, -0.1) is 0 Å². The highest BCUT2D eigenvalue weighted by Crippen LogP contribution is 2.48. The van der Waals surface area contributed by atoms with E-state index in [4.69, 9.17) is 0 Å². The predicted molar refractivity (Wildman–Crippen MR) is 94.5 cm³/mol. The second-order valence-electron chi connectivity index (χ2n) is 6.09. The number of amides is 1. The van der Waals surface area contributed by atoms with Gasteiger partial charge >= 0.3 is 0 Å². The summed E-state index contributed by atoms with van der Waals surface area (Å²) in [5, 5.41) is 8.24. The van der Waals surface area contributed by atoms with E-state index in [1.807, 2.05) is 36.4 Å². The van der Waals surface area contributed by atoms with E-state index in [0.29, 0.717) is 5.92 Å². The van der Waals surface area contributed by atoms with Crippen LogP contribution in [0.3, 0.4) is 0 Å². The fourth-order valence-corrected chi connectivity index (χ4v) is 4.04. The van der Waals surface area contributed by atoms with Crippen LogP contribution < -0.4 is 10.7 Å². The molecule has 0 bridgehead atoms. The molecule has 23 heavy (non-hydrogen) atoms. The van der Waals surface area contributed by atoms with Crippen molar-refractivity contribution in [1.29, 1.82) is 0 Å². The Morgan fingerprint density at radius 2 is 1.91 bits per heavy atom. The third-order valence-electron chi connectivity index (χ3n) is 4.24. The average molecular weight is 323 g/mol. The van der Waals surface area contributed by atoms with Crippen molar-refractivity contribution in [3.63, 3.8) is 0 Å². The first kappa shape index (κ1) is 14.3. The first-order valence-electron chi connectivity index (χ1n) is 7.65. The van der Waals surface area contributed by atoms with Crippen LogP contribution in [0.2, 0.25) is 0 Å². The summed E-state index contributed by atoms with van der Waals surface area (Å²) in [5.74, 6) is 0.349. The Labute approximate surface area is 139 Å². The van der Waals surface area contributed by atoms with Crippen LogP contribution >= 0.6 is 11.8 Å². The van der Waals surface area contributed by atoms with Gasteiger partial charge in [0.2, 0.25) is 4.87 Å². The van der Waals surface area contributed by atoms with Crippen LogP contribution in [0, 0.1) is 0 Å². The van der Waals surface area contributed by atoms with Gasteiger partial charge in [-0.05, 0) is 23.6 Å². The Hall–Kier alpha value is -2.27. The lowest BCUT2D eigenvalue weighted by molar-refractivity contribution is -0.118. The Morgan fingerprint density at radius 3 is 2.65 bits per heavy atom. The lowest BCUT2D eigenvalue weighted by Gasteiger charge is -2.21. The smallest absolute Gasteiger partial charge is 0.267 e. The molecule has 116 valence electrons. The minimum Gasteiger partial charge on any atom is -0.323 e. The molecular formula is C18H17N3OS. The van der Waals surface area contributed by atoms with Crippen LogP contribution in [0.25, 0.3) is 0 Å². The van der Waals surface area contributed by atoms with Crippen molar-refractivity contribution in [1.82, 2.24) is 5.43 Å². The minimum atomic E-state index is -0.856. The van der Waals surface area contributed by atoms with E-state index >= 15 is 0 Å². The van der Waals surface area contributed by atoms with Crippen molar-refractivity contribution in [3.05, 3.63) is 65.2 Å². The van der Waals surface area contributed by atoms with Crippen molar-refractivity contribution in [2.24, 2.45) is 5.10 Å². The zero-order chi connectivity index (χ0) is 16.0. The van der Waals surface area contributed by atoms with Gasteiger partial charge in [0.25, 0.3) is 5.91 Å². The normalized spacial score (nSPS) is 22.0. The quantitative estimate of drug-likeness (QED) is 0.887. The molecule has 0 fully saturated rings. The van der Waals surface area contributed by atoms with Crippen LogP contribution in [0.4, 0.5) is 5.69 Å². The summed E-state index contributed by atoms with van der Waals surface area (Å²) >= 11 is 1.47. The Morgan fingerprint density at radius 1 is 1.13 bits per heavy atom. The van der Waals surface area contributed by atoms with Crippen LogP contribution in [0.15, 0.2) is 53.6 Å². The van der Waals surface area contributed by atoms with E-state index < -0.39 is 4.87 Å². The first-order chi connectivity index (χ1) is 11.1. The number of hydrazone groups is 1. The van der Waals surface area contributed by atoms with Gasteiger partial charge in [0, 0.05) is 16.8 Å². The second-order valence-corrected chi connectivity index (χ2v) is 7.30. The van der Waals surface area contributed by atoms with Crippen LogP contribution in [-0.2, 0) is 9.67 Å². The van der Waals surface area contributed by atoms with Gasteiger partial charge in [0.15, 0.2) is 0 Å². The number of thioether (sulfide) groups is 1. The van der Waals surface area contributed by atoms with E-state index in [-0.39, 0.29) is 5.91 Å². The molecule has 2 N–H and O–H groups in total. The van der Waals surface area contributed by atoms with Crippen molar-refractivity contribution >= 4 is 28.4 Å². The topological polar surface area (TPSA) is 53.5 Å². The average Bonchev–Trinajstić information content (AvgIpc) is 3.12. The molecule has 2 aromatic rings. The van der Waals surface area contributed by atoms with Gasteiger partial charge in [0.1, 0.15) is 5.04 Å². The lowest BCUT2D eigenvalue weighted by atomic mass is 9.98. The van der Waals surface area contributed by atoms with E-state index in [1.165, 1.54) is 17.3 Å². The summed E-state index contributed by atoms with van der Waals surface area (Å²) in [5.41, 5.74) is 7.16. The van der Waals surface area contributed by atoms with Crippen LogP contribution in [0.1, 0.15) is 36.5 Å². The summed E-state index contributed by atoms with van der Waals surface area (Å²) in [6.45, 7) is 4.30. The summed E-state index contributed by atoms with van der Waals surface area (Å²) < 4.78 is 0. The van der Waals surface area contributed by atoms with Gasteiger partial charge in [0.05, 0.1) is 0 Å². The molecule has 0 saturated heterocycles. The maximum atomic E-state index is 12.6. The summed E-state index contributed by atoms with van der Waals surface area (Å²) in [6, 6.07) is 16.1. The molecule has 4 nitrogen and oxygen atoms in total. The second kappa shape index (κ2) is 5.13. The number of nitrogens with one attached hydrogen (secondary N) is 2. The number of rotatable bonds is 2. The predicted octanol–water partition coefficient (Wildman–Crippen LogP) is 3.61. The van der Waals surface area contributed by atoms with E-state index in [9.17, 15) is 4.79 Å². The number of anilines is 1. The maximum absolute atomic E-state index is 12.6.